The van der Waals surface area contributed by atoms with Gasteiger partial charge in [-0.25, -0.2) is 9.97 Å². The molecule has 0 bridgehead atoms. The van der Waals surface area contributed by atoms with E-state index in [-0.39, 0.29) is 11.8 Å². The lowest BCUT2D eigenvalue weighted by Gasteiger charge is -2.28. The Labute approximate surface area is 147 Å². The average molecular weight is 372 g/mol. The van der Waals surface area contributed by atoms with Gasteiger partial charge in [0.05, 0.1) is 11.2 Å². The molecule has 0 unspecified atom stereocenters. The molecule has 1 aliphatic rings. The highest BCUT2D eigenvalue weighted by Crippen LogP contribution is 2.31. The molecule has 0 radical (unpaired) electrons. The second-order valence-electron chi connectivity index (χ2n) is 6.26. The summed E-state index contributed by atoms with van der Waals surface area (Å²) in [6, 6.07) is 0. The van der Waals surface area contributed by atoms with Crippen molar-refractivity contribution in [3.63, 3.8) is 0 Å². The number of nitrogens with zero attached hydrogens (tertiary/aromatic N) is 4. The molecule has 5 nitrogen and oxygen atoms in total. The van der Waals surface area contributed by atoms with Crippen LogP contribution in [0, 0.1) is 5.92 Å². The number of carbonyl (C=O) groups excluding carboxylic acids is 1. The Hall–Kier alpha value is -1.90. The van der Waals surface area contributed by atoms with E-state index < -0.39 is 11.9 Å². The SMILES string of the molecule is CCc1ncsc1C(=O)N(C)C[C@@H]1CCc2nc(C(F)(F)F)cn2C1. The molecular formula is C16H19F3N4OS. The summed E-state index contributed by atoms with van der Waals surface area (Å²) in [5.74, 6) is 0.495. The fourth-order valence-electron chi connectivity index (χ4n) is 3.14. The Morgan fingerprint density at radius 3 is 2.92 bits per heavy atom. The number of carbonyl (C=O) groups is 1. The zero-order valence-electron chi connectivity index (χ0n) is 14.0. The Kier molecular flexibility index (Phi) is 4.86. The van der Waals surface area contributed by atoms with Gasteiger partial charge < -0.3 is 9.47 Å². The molecule has 1 atom stereocenters. The van der Waals surface area contributed by atoms with Crippen molar-refractivity contribution < 1.29 is 18.0 Å². The molecule has 3 heterocycles. The van der Waals surface area contributed by atoms with Crippen LogP contribution in [0.3, 0.4) is 0 Å². The third kappa shape index (κ3) is 3.70. The van der Waals surface area contributed by atoms with Crippen molar-refractivity contribution in [3.05, 3.63) is 33.8 Å². The molecule has 9 heteroatoms. The van der Waals surface area contributed by atoms with E-state index in [9.17, 15) is 18.0 Å². The third-order valence-electron chi connectivity index (χ3n) is 4.43. The van der Waals surface area contributed by atoms with E-state index in [4.69, 9.17) is 0 Å². The maximum atomic E-state index is 12.8. The number of aromatic nitrogens is 3. The zero-order chi connectivity index (χ0) is 18.2. The maximum absolute atomic E-state index is 12.8. The molecule has 2 aromatic rings. The van der Waals surface area contributed by atoms with Gasteiger partial charge in [0, 0.05) is 32.8 Å². The van der Waals surface area contributed by atoms with Gasteiger partial charge in [-0.1, -0.05) is 6.92 Å². The molecule has 0 saturated heterocycles. The number of rotatable bonds is 4. The minimum atomic E-state index is -4.42. The topological polar surface area (TPSA) is 51.0 Å². The Bertz CT molecular complexity index is 768. The lowest BCUT2D eigenvalue weighted by Crippen LogP contribution is -2.35. The number of imidazole rings is 1. The normalized spacial score (nSPS) is 17.4. The average Bonchev–Trinajstić information content (AvgIpc) is 3.19. The molecule has 136 valence electrons. The van der Waals surface area contributed by atoms with Crippen LogP contribution in [0.5, 0.6) is 0 Å². The summed E-state index contributed by atoms with van der Waals surface area (Å²) in [6.07, 6.45) is -1.45. The van der Waals surface area contributed by atoms with E-state index in [1.165, 1.54) is 11.3 Å². The third-order valence-corrected chi connectivity index (χ3v) is 5.29. The second kappa shape index (κ2) is 6.78. The van der Waals surface area contributed by atoms with Gasteiger partial charge >= 0.3 is 6.18 Å². The summed E-state index contributed by atoms with van der Waals surface area (Å²) in [4.78, 5) is 22.7. The van der Waals surface area contributed by atoms with Gasteiger partial charge in [-0.3, -0.25) is 4.79 Å². The highest BCUT2D eigenvalue weighted by molar-refractivity contribution is 7.11. The minimum Gasteiger partial charge on any atom is -0.341 e. The first-order chi connectivity index (χ1) is 11.8. The van der Waals surface area contributed by atoms with Crippen LogP contribution in [0.1, 0.15) is 40.2 Å². The van der Waals surface area contributed by atoms with Crippen molar-refractivity contribution in [1.82, 2.24) is 19.4 Å². The fourth-order valence-corrected chi connectivity index (χ4v) is 4.01. The van der Waals surface area contributed by atoms with Crippen LogP contribution >= 0.6 is 11.3 Å². The Balaban J connectivity index is 1.66. The lowest BCUT2D eigenvalue weighted by atomic mass is 9.99. The number of hydrogen-bond acceptors (Lipinski definition) is 4. The van der Waals surface area contributed by atoms with Crippen LogP contribution in [-0.4, -0.2) is 38.9 Å². The largest absolute Gasteiger partial charge is 0.434 e. The fraction of sp³-hybridized carbons (Fsp3) is 0.562. The first kappa shape index (κ1) is 17.9. The lowest BCUT2D eigenvalue weighted by molar-refractivity contribution is -0.141. The molecule has 1 aliphatic heterocycles. The standard InChI is InChI=1S/C16H19F3N4OS/c1-3-11-14(25-9-20-11)15(24)22(2)6-10-4-5-13-21-12(16(17,18)19)8-23(13)7-10/h8-10H,3-7H2,1-2H3/t10-/m0/s1. The molecular weight excluding hydrogens is 353 g/mol. The number of hydrogen-bond donors (Lipinski definition) is 0. The van der Waals surface area contributed by atoms with Crippen LogP contribution in [-0.2, 0) is 25.6 Å². The van der Waals surface area contributed by atoms with E-state index in [2.05, 4.69) is 9.97 Å². The van der Waals surface area contributed by atoms with Crippen LogP contribution in [0.25, 0.3) is 0 Å². The Morgan fingerprint density at radius 2 is 2.24 bits per heavy atom. The summed E-state index contributed by atoms with van der Waals surface area (Å²) < 4.78 is 39.9. The van der Waals surface area contributed by atoms with Crippen molar-refractivity contribution in [2.75, 3.05) is 13.6 Å². The quantitative estimate of drug-likeness (QED) is 0.828. The van der Waals surface area contributed by atoms with Gasteiger partial charge in [0.1, 0.15) is 10.7 Å². The molecule has 0 aliphatic carbocycles. The van der Waals surface area contributed by atoms with Crippen molar-refractivity contribution in [1.29, 1.82) is 0 Å². The molecule has 1 amide bonds. The second-order valence-corrected chi connectivity index (χ2v) is 7.12. The van der Waals surface area contributed by atoms with Gasteiger partial charge in [0.25, 0.3) is 5.91 Å². The molecule has 0 N–H and O–H groups in total. The van der Waals surface area contributed by atoms with Gasteiger partial charge in [0.2, 0.25) is 0 Å². The van der Waals surface area contributed by atoms with E-state index in [1.807, 2.05) is 6.92 Å². The van der Waals surface area contributed by atoms with Crippen LogP contribution < -0.4 is 0 Å². The van der Waals surface area contributed by atoms with E-state index in [1.54, 1.807) is 22.0 Å². The monoisotopic (exact) mass is 372 g/mol. The molecule has 0 saturated carbocycles. The molecule has 0 aromatic carbocycles. The predicted octanol–water partition coefficient (Wildman–Crippen LogP) is 3.26. The summed E-state index contributed by atoms with van der Waals surface area (Å²) in [7, 11) is 1.73. The predicted molar refractivity (Wildman–Crippen MR) is 87.5 cm³/mol. The zero-order valence-corrected chi connectivity index (χ0v) is 14.8. The van der Waals surface area contributed by atoms with Gasteiger partial charge in [-0.15, -0.1) is 11.3 Å². The molecule has 0 spiro atoms. The number of halogens is 3. The summed E-state index contributed by atoms with van der Waals surface area (Å²) >= 11 is 1.32. The summed E-state index contributed by atoms with van der Waals surface area (Å²) in [5, 5.41) is 0. The minimum absolute atomic E-state index is 0.0771. The number of alkyl halides is 3. The molecule has 0 fully saturated rings. The maximum Gasteiger partial charge on any atom is 0.434 e. The van der Waals surface area contributed by atoms with Crippen molar-refractivity contribution in [3.8, 4) is 0 Å². The van der Waals surface area contributed by atoms with Gasteiger partial charge in [-0.2, -0.15) is 13.2 Å². The van der Waals surface area contributed by atoms with Crippen LogP contribution in [0.2, 0.25) is 0 Å². The molecule has 25 heavy (non-hydrogen) atoms. The highest BCUT2D eigenvalue weighted by atomic mass is 32.1. The van der Waals surface area contributed by atoms with E-state index >= 15 is 0 Å². The van der Waals surface area contributed by atoms with E-state index in [0.717, 1.165) is 18.3 Å². The van der Waals surface area contributed by atoms with Gasteiger partial charge in [0.15, 0.2) is 5.69 Å². The number of amides is 1. The number of thiazole rings is 1. The van der Waals surface area contributed by atoms with Crippen LogP contribution in [0.15, 0.2) is 11.7 Å². The van der Waals surface area contributed by atoms with E-state index in [0.29, 0.717) is 36.6 Å². The smallest absolute Gasteiger partial charge is 0.341 e. The van der Waals surface area contributed by atoms with Crippen molar-refractivity contribution >= 4 is 17.2 Å². The summed E-state index contributed by atoms with van der Waals surface area (Å²) in [6.45, 7) is 2.89. The first-order valence-electron chi connectivity index (χ1n) is 8.10. The van der Waals surface area contributed by atoms with Crippen molar-refractivity contribution in [2.24, 2.45) is 5.92 Å². The van der Waals surface area contributed by atoms with Gasteiger partial charge in [-0.05, 0) is 18.8 Å². The molecule has 2 aromatic heterocycles. The number of fused-ring (bicyclic) bond motifs is 1. The first-order valence-corrected chi connectivity index (χ1v) is 8.98. The van der Waals surface area contributed by atoms with Crippen molar-refractivity contribution in [2.45, 2.75) is 38.9 Å². The Morgan fingerprint density at radius 1 is 1.48 bits per heavy atom. The van der Waals surface area contributed by atoms with Crippen LogP contribution in [0.4, 0.5) is 13.2 Å². The highest BCUT2D eigenvalue weighted by Gasteiger charge is 2.36. The summed E-state index contributed by atoms with van der Waals surface area (Å²) in [5.41, 5.74) is 1.61. The molecule has 3 rings (SSSR count). The number of aryl methyl sites for hydroxylation is 2.